The molecule has 0 aliphatic rings. The molecule has 0 aromatic heterocycles. The van der Waals surface area contributed by atoms with Gasteiger partial charge in [0.25, 0.3) is 11.4 Å². The molecule has 13 heteroatoms. The Morgan fingerprint density at radius 2 is 1.68 bits per heavy atom. The molecule has 0 saturated heterocycles. The van der Waals surface area contributed by atoms with Crippen LogP contribution in [0.3, 0.4) is 0 Å². The van der Waals surface area contributed by atoms with E-state index in [2.05, 4.69) is 5.10 Å². The lowest BCUT2D eigenvalue weighted by atomic mass is 10.1. The summed E-state index contributed by atoms with van der Waals surface area (Å²) in [5.74, 6) is -1.61. The van der Waals surface area contributed by atoms with E-state index in [1.807, 2.05) is 5.43 Å². The van der Waals surface area contributed by atoms with Gasteiger partial charge in [-0.3, -0.25) is 35.1 Å². The number of carbonyl (C=O) groups is 1. The topological polar surface area (TPSA) is 191 Å². The van der Waals surface area contributed by atoms with Crippen molar-refractivity contribution in [3.63, 3.8) is 0 Å². The number of nitro groups is 3. The van der Waals surface area contributed by atoms with Gasteiger partial charge in [-0.05, 0) is 0 Å². The third kappa shape index (κ3) is 4.60. The van der Waals surface area contributed by atoms with Crippen molar-refractivity contribution < 1.29 is 24.7 Å². The van der Waals surface area contributed by atoms with Crippen molar-refractivity contribution in [1.29, 1.82) is 0 Å². The molecule has 0 aliphatic heterocycles. The van der Waals surface area contributed by atoms with Crippen LogP contribution in [0, 0.1) is 30.3 Å². The van der Waals surface area contributed by atoms with Gasteiger partial charge in [-0.15, -0.1) is 0 Å². The summed E-state index contributed by atoms with van der Waals surface area (Å²) < 4.78 is 0. The van der Waals surface area contributed by atoms with E-state index in [0.29, 0.717) is 6.07 Å². The molecular weight excluding hydrogens is 378 g/mol. The molecule has 0 radical (unpaired) electrons. The average Bonchev–Trinajstić information content (AvgIpc) is 2.62. The number of nitrogens with one attached hydrogen (secondary N) is 1. The minimum Gasteiger partial charge on any atom is -0.502 e. The van der Waals surface area contributed by atoms with E-state index < -0.39 is 37.8 Å². The largest absolute Gasteiger partial charge is 0.502 e. The highest BCUT2D eigenvalue weighted by atomic mass is 16.6. The molecule has 0 unspecified atom stereocenters. The van der Waals surface area contributed by atoms with Gasteiger partial charge in [-0.25, -0.2) is 5.43 Å². The number of hydrogen-bond acceptors (Lipinski definition) is 9. The standard InChI is InChI=1S/C15H11N5O8/c21-14(6-9-3-1-2-4-12(9)19(25)26)17-16-8-10-5-11(18(23)24)7-13(15(10)22)20(27)28/h1-5,7-8,22H,6H2,(H,17,21). The van der Waals surface area contributed by atoms with Crippen LogP contribution in [-0.2, 0) is 11.2 Å². The Hall–Kier alpha value is -4.42. The lowest BCUT2D eigenvalue weighted by molar-refractivity contribution is -0.394. The van der Waals surface area contributed by atoms with Crippen LogP contribution >= 0.6 is 0 Å². The summed E-state index contributed by atoms with van der Waals surface area (Å²) in [6.45, 7) is 0. The number of hydrazone groups is 1. The number of amides is 1. The first-order valence-corrected chi connectivity index (χ1v) is 7.40. The molecule has 144 valence electrons. The first-order chi connectivity index (χ1) is 13.2. The number of aromatic hydroxyl groups is 1. The van der Waals surface area contributed by atoms with Gasteiger partial charge < -0.3 is 5.11 Å². The highest BCUT2D eigenvalue weighted by Crippen LogP contribution is 2.33. The van der Waals surface area contributed by atoms with E-state index >= 15 is 0 Å². The van der Waals surface area contributed by atoms with Crippen LogP contribution in [0.5, 0.6) is 5.75 Å². The lowest BCUT2D eigenvalue weighted by Gasteiger charge is -2.03. The highest BCUT2D eigenvalue weighted by molar-refractivity contribution is 5.88. The van der Waals surface area contributed by atoms with Gasteiger partial charge in [0.1, 0.15) is 0 Å². The number of nitro benzene ring substituents is 3. The first kappa shape index (κ1) is 19.9. The molecule has 0 bridgehead atoms. The fourth-order valence-corrected chi connectivity index (χ4v) is 2.19. The van der Waals surface area contributed by atoms with Gasteiger partial charge in [0.2, 0.25) is 11.7 Å². The van der Waals surface area contributed by atoms with Crippen molar-refractivity contribution in [2.45, 2.75) is 6.42 Å². The van der Waals surface area contributed by atoms with E-state index in [9.17, 15) is 40.2 Å². The Morgan fingerprint density at radius 3 is 2.29 bits per heavy atom. The number of benzene rings is 2. The molecule has 1 amide bonds. The van der Waals surface area contributed by atoms with E-state index in [4.69, 9.17) is 0 Å². The quantitative estimate of drug-likeness (QED) is 0.406. The second-order valence-electron chi connectivity index (χ2n) is 5.27. The van der Waals surface area contributed by atoms with Gasteiger partial charge in [-0.2, -0.15) is 5.10 Å². The maximum absolute atomic E-state index is 11.9. The van der Waals surface area contributed by atoms with E-state index in [0.717, 1.165) is 12.3 Å². The number of carbonyl (C=O) groups excluding carboxylic acids is 1. The van der Waals surface area contributed by atoms with Gasteiger partial charge in [0.05, 0.1) is 39.0 Å². The van der Waals surface area contributed by atoms with Crippen LogP contribution in [0.1, 0.15) is 11.1 Å². The van der Waals surface area contributed by atoms with E-state index in [1.165, 1.54) is 24.3 Å². The minimum atomic E-state index is -1.01. The highest BCUT2D eigenvalue weighted by Gasteiger charge is 2.23. The predicted molar refractivity (Wildman–Crippen MR) is 94.0 cm³/mol. The Morgan fingerprint density at radius 1 is 1.04 bits per heavy atom. The third-order valence-electron chi connectivity index (χ3n) is 3.44. The number of hydrogen-bond donors (Lipinski definition) is 2. The second kappa shape index (κ2) is 8.31. The molecule has 0 saturated carbocycles. The molecule has 0 fully saturated rings. The van der Waals surface area contributed by atoms with Gasteiger partial charge in [0.15, 0.2) is 0 Å². The number of rotatable bonds is 7. The normalized spacial score (nSPS) is 10.6. The van der Waals surface area contributed by atoms with Crippen LogP contribution in [0.4, 0.5) is 17.1 Å². The number of non-ortho nitro benzene ring substituents is 1. The van der Waals surface area contributed by atoms with Crippen molar-refractivity contribution >= 4 is 29.2 Å². The molecule has 0 atom stereocenters. The van der Waals surface area contributed by atoms with Crippen LogP contribution in [0.2, 0.25) is 0 Å². The molecule has 2 rings (SSSR count). The Labute approximate surface area is 155 Å². The van der Waals surface area contributed by atoms with Gasteiger partial charge in [0, 0.05) is 17.7 Å². The Kier molecular flexibility index (Phi) is 5.90. The number of phenols is 1. The summed E-state index contributed by atoms with van der Waals surface area (Å²) in [6, 6.07) is 6.98. The lowest BCUT2D eigenvalue weighted by Crippen LogP contribution is -2.20. The first-order valence-electron chi connectivity index (χ1n) is 7.40. The zero-order valence-corrected chi connectivity index (χ0v) is 13.8. The molecule has 0 aliphatic carbocycles. The maximum atomic E-state index is 11.9. The zero-order valence-electron chi connectivity index (χ0n) is 13.8. The summed E-state index contributed by atoms with van der Waals surface area (Å²) >= 11 is 0. The maximum Gasteiger partial charge on any atom is 0.318 e. The summed E-state index contributed by atoms with van der Waals surface area (Å²) in [5, 5.41) is 45.9. The molecule has 2 aromatic carbocycles. The summed E-state index contributed by atoms with van der Waals surface area (Å²) in [7, 11) is 0. The van der Waals surface area contributed by atoms with Crippen LogP contribution in [-0.4, -0.2) is 32.0 Å². The molecule has 2 aromatic rings. The minimum absolute atomic E-state index is 0.133. The van der Waals surface area contributed by atoms with Crippen molar-refractivity contribution in [2.75, 3.05) is 0 Å². The fourth-order valence-electron chi connectivity index (χ4n) is 2.19. The molecule has 13 nitrogen and oxygen atoms in total. The molecule has 0 heterocycles. The van der Waals surface area contributed by atoms with Crippen molar-refractivity contribution in [3.05, 3.63) is 77.9 Å². The summed E-state index contributed by atoms with van der Waals surface area (Å²) in [5.41, 5.74) is -0.0201. The van der Waals surface area contributed by atoms with Gasteiger partial charge >= 0.3 is 5.69 Å². The predicted octanol–water partition coefficient (Wildman–Crippen LogP) is 1.81. The van der Waals surface area contributed by atoms with Gasteiger partial charge in [-0.1, -0.05) is 18.2 Å². The summed E-state index contributed by atoms with van der Waals surface area (Å²) in [6.07, 6.45) is 0.405. The molecule has 2 N–H and O–H groups in total. The van der Waals surface area contributed by atoms with Crippen molar-refractivity contribution in [3.8, 4) is 5.75 Å². The molecular formula is C15H11N5O8. The average molecular weight is 389 g/mol. The van der Waals surface area contributed by atoms with Crippen LogP contribution in [0.25, 0.3) is 0 Å². The Bertz CT molecular complexity index is 1000. The third-order valence-corrected chi connectivity index (χ3v) is 3.44. The van der Waals surface area contributed by atoms with Crippen molar-refractivity contribution in [2.24, 2.45) is 5.10 Å². The number of phenolic OH excluding ortho intramolecular Hbond substituents is 1. The summed E-state index contributed by atoms with van der Waals surface area (Å²) in [4.78, 5) is 42.0. The van der Waals surface area contributed by atoms with E-state index in [1.54, 1.807) is 0 Å². The smallest absolute Gasteiger partial charge is 0.318 e. The Balaban J connectivity index is 2.19. The second-order valence-corrected chi connectivity index (χ2v) is 5.27. The zero-order chi connectivity index (χ0) is 20.8. The monoisotopic (exact) mass is 389 g/mol. The molecule has 28 heavy (non-hydrogen) atoms. The van der Waals surface area contributed by atoms with E-state index in [-0.39, 0.29) is 23.2 Å². The molecule has 0 spiro atoms. The SMILES string of the molecule is O=C(Cc1ccccc1[N+](=O)[O-])NN=Cc1cc([N+](=O)[O-])cc([N+](=O)[O-])c1O. The fraction of sp³-hybridized carbons (Fsp3) is 0.0667. The van der Waals surface area contributed by atoms with Crippen LogP contribution < -0.4 is 5.43 Å². The van der Waals surface area contributed by atoms with Crippen molar-refractivity contribution in [1.82, 2.24) is 5.43 Å². The number of nitrogens with zero attached hydrogens (tertiary/aromatic N) is 4. The number of para-hydroxylation sites is 1. The van der Waals surface area contributed by atoms with Crippen LogP contribution in [0.15, 0.2) is 41.5 Å².